The molecule has 0 fully saturated rings. The summed E-state index contributed by atoms with van der Waals surface area (Å²) in [5, 5.41) is 0.00217. The van der Waals surface area contributed by atoms with Crippen molar-refractivity contribution in [3.63, 3.8) is 0 Å². The molecule has 13 heteroatoms. The number of imidazole rings is 1. The lowest BCUT2D eigenvalue weighted by molar-refractivity contribution is -0.137. The number of halogens is 3. The van der Waals surface area contributed by atoms with E-state index < -0.39 is 21.8 Å². The van der Waals surface area contributed by atoms with Crippen LogP contribution in [0.1, 0.15) is 39.5 Å². The van der Waals surface area contributed by atoms with Crippen LogP contribution in [-0.4, -0.2) is 48.8 Å². The number of aromatic amines is 2. The number of rotatable bonds is 3. The summed E-state index contributed by atoms with van der Waals surface area (Å²) >= 11 is 0. The van der Waals surface area contributed by atoms with Gasteiger partial charge >= 0.3 is 6.18 Å². The Hall–Kier alpha value is -6.05. The minimum absolute atomic E-state index is 0.00217. The van der Waals surface area contributed by atoms with Gasteiger partial charge in [0, 0.05) is 48.4 Å². The molecule has 0 spiro atoms. The minimum Gasteiger partial charge on any atom is -0.355 e. The first-order valence-corrected chi connectivity index (χ1v) is 18.2. The number of aryl methyl sites for hydroxylation is 1. The van der Waals surface area contributed by atoms with E-state index in [1.165, 1.54) is 29.0 Å². The molecule has 7 heterocycles. The van der Waals surface area contributed by atoms with Crippen LogP contribution in [0.5, 0.6) is 0 Å². The molecule has 6 aromatic rings. The Balaban J connectivity index is 0.000000153. The van der Waals surface area contributed by atoms with Crippen molar-refractivity contribution in [3.05, 3.63) is 143 Å². The zero-order chi connectivity index (χ0) is 36.7. The molecule has 0 amide bonds. The average molecular weight is 732 g/mol. The predicted molar refractivity (Wildman–Crippen MR) is 200 cm³/mol. The second-order valence-electron chi connectivity index (χ2n) is 12.9. The summed E-state index contributed by atoms with van der Waals surface area (Å²) in [6, 6.07) is 26.9. The van der Waals surface area contributed by atoms with Crippen molar-refractivity contribution in [2.75, 3.05) is 6.54 Å². The number of hydrogen-bond donors (Lipinski definition) is 2. The van der Waals surface area contributed by atoms with Crippen LogP contribution in [0.4, 0.5) is 13.2 Å². The predicted octanol–water partition coefficient (Wildman–Crippen LogP) is 8.51. The molecule has 0 saturated carbocycles. The highest BCUT2D eigenvalue weighted by Crippen LogP contribution is 2.33. The number of sulfonamides is 1. The Labute approximate surface area is 302 Å². The average Bonchev–Trinajstić information content (AvgIpc) is 3.99. The lowest BCUT2D eigenvalue weighted by Crippen LogP contribution is -2.36. The van der Waals surface area contributed by atoms with Gasteiger partial charge in [-0.05, 0) is 120 Å². The van der Waals surface area contributed by atoms with Crippen LogP contribution in [0, 0.1) is 0 Å². The summed E-state index contributed by atoms with van der Waals surface area (Å²) in [6.07, 6.45) is 7.17. The minimum atomic E-state index is -4.38. The van der Waals surface area contributed by atoms with Crippen molar-refractivity contribution in [1.29, 1.82) is 0 Å². The number of H-pyrrole nitrogens is 2. The Bertz CT molecular complexity index is 2510. The third-order valence-corrected chi connectivity index (χ3v) is 10.8. The molecule has 0 saturated heterocycles. The van der Waals surface area contributed by atoms with Gasteiger partial charge < -0.3 is 14.5 Å². The van der Waals surface area contributed by atoms with Gasteiger partial charge in [0.25, 0.3) is 10.0 Å². The van der Waals surface area contributed by atoms with Crippen LogP contribution in [-0.2, 0) is 36.2 Å². The first-order chi connectivity index (χ1) is 25.4. The fourth-order valence-corrected chi connectivity index (χ4v) is 7.75. The molecule has 0 unspecified atom stereocenters. The number of hydrogen-bond acceptors (Lipinski definition) is 5. The highest BCUT2D eigenvalue weighted by Gasteiger charge is 2.31. The van der Waals surface area contributed by atoms with E-state index in [-0.39, 0.29) is 11.6 Å². The third kappa shape index (κ3) is 7.48. The molecule has 9 rings (SSSR count). The van der Waals surface area contributed by atoms with Gasteiger partial charge in [-0.3, -0.25) is 0 Å². The molecule has 2 N–H and O–H groups in total. The van der Waals surface area contributed by atoms with Crippen LogP contribution in [0.2, 0.25) is 0 Å². The van der Waals surface area contributed by atoms with Crippen LogP contribution >= 0.6 is 0 Å². The Morgan fingerprint density at radius 1 is 0.660 bits per heavy atom. The summed E-state index contributed by atoms with van der Waals surface area (Å²) < 4.78 is 67.0. The summed E-state index contributed by atoms with van der Waals surface area (Å²) in [7, 11) is -2.00. The van der Waals surface area contributed by atoms with E-state index in [0.717, 1.165) is 73.7 Å². The zero-order valence-corrected chi connectivity index (χ0v) is 29.2. The van der Waals surface area contributed by atoms with Crippen molar-refractivity contribution in [3.8, 4) is 11.1 Å². The van der Waals surface area contributed by atoms with Gasteiger partial charge in [-0.1, -0.05) is 24.3 Å². The maximum absolute atomic E-state index is 12.8. The summed E-state index contributed by atoms with van der Waals surface area (Å²) in [5.74, 6) is 0. The lowest BCUT2D eigenvalue weighted by Gasteiger charge is -2.27. The number of alkyl halides is 3. The molecular formula is C40H32F3N7O2S. The Morgan fingerprint density at radius 3 is 1.64 bits per heavy atom. The highest BCUT2D eigenvalue weighted by molar-refractivity contribution is 7.89. The lowest BCUT2D eigenvalue weighted by atomic mass is 9.95. The molecule has 8 bridgehead atoms. The van der Waals surface area contributed by atoms with Crippen molar-refractivity contribution in [1.82, 2.24) is 33.8 Å². The van der Waals surface area contributed by atoms with E-state index in [1.54, 1.807) is 11.6 Å². The fourth-order valence-electron chi connectivity index (χ4n) is 6.37. The molecule has 2 aromatic carbocycles. The third-order valence-electron chi connectivity index (χ3n) is 9.06. The zero-order valence-electron chi connectivity index (χ0n) is 28.3. The first kappa shape index (κ1) is 34.1. The van der Waals surface area contributed by atoms with E-state index in [9.17, 15) is 21.6 Å². The fraction of sp³-hybridized carbons (Fsp3) is 0.125. The summed E-state index contributed by atoms with van der Waals surface area (Å²) in [4.78, 5) is 20.0. The summed E-state index contributed by atoms with van der Waals surface area (Å²) in [6.45, 7) is 0.550. The largest absolute Gasteiger partial charge is 0.416 e. The molecular weight excluding hydrogens is 700 g/mol. The van der Waals surface area contributed by atoms with Gasteiger partial charge in [-0.2, -0.15) is 17.5 Å². The Morgan fingerprint density at radius 2 is 1.17 bits per heavy atom. The quantitative estimate of drug-likeness (QED) is 0.189. The molecule has 4 aromatic heterocycles. The van der Waals surface area contributed by atoms with Crippen molar-refractivity contribution in [2.45, 2.75) is 24.2 Å². The van der Waals surface area contributed by atoms with Crippen LogP contribution in [0.3, 0.4) is 0 Å². The topological polar surface area (TPSA) is 113 Å². The Kier molecular flexibility index (Phi) is 8.67. The molecule has 0 radical (unpaired) electrons. The van der Waals surface area contributed by atoms with Gasteiger partial charge in [0.05, 0.1) is 34.7 Å². The molecule has 0 aliphatic carbocycles. The molecule has 3 aliphatic heterocycles. The molecule has 3 aliphatic rings. The number of nitrogens with one attached hydrogen (secondary N) is 2. The standard InChI is InChI=1S/C20H18F3N3O2S.C20H14N4/c1-25-12-19(24-13-25)29(27,28)26-9-8-15-2-3-16(10-17(15)11-26)14-4-6-18(7-5-14)20(21,22)23;1-2-14-10-16-5-6-18(23-16)12-20-8-7-19(24-20)11-17-4-3-15(22-17)9-13(1)21-14/h2-7,10,12-13H,8-9,11H2,1H3;1-12,21,24H. The molecule has 53 heavy (non-hydrogen) atoms. The monoisotopic (exact) mass is 731 g/mol. The van der Waals surface area contributed by atoms with E-state index >= 15 is 0 Å². The number of fused-ring (bicyclic) bond motifs is 9. The normalized spacial score (nSPS) is 14.1. The maximum Gasteiger partial charge on any atom is 0.416 e. The van der Waals surface area contributed by atoms with E-state index in [4.69, 9.17) is 0 Å². The van der Waals surface area contributed by atoms with Crippen LogP contribution in [0.25, 0.3) is 57.5 Å². The van der Waals surface area contributed by atoms with Gasteiger partial charge in [-0.25, -0.2) is 23.4 Å². The van der Waals surface area contributed by atoms with Gasteiger partial charge in [0.15, 0.2) is 5.03 Å². The van der Waals surface area contributed by atoms with Crippen molar-refractivity contribution >= 4 is 56.4 Å². The second-order valence-corrected chi connectivity index (χ2v) is 14.8. The van der Waals surface area contributed by atoms with Crippen LogP contribution in [0.15, 0.2) is 109 Å². The van der Waals surface area contributed by atoms with Crippen molar-refractivity contribution < 1.29 is 21.6 Å². The highest BCUT2D eigenvalue weighted by atomic mass is 32.2. The number of nitrogens with zero attached hydrogens (tertiary/aromatic N) is 5. The van der Waals surface area contributed by atoms with Crippen molar-refractivity contribution in [2.24, 2.45) is 7.05 Å². The summed E-state index contributed by atoms with van der Waals surface area (Å²) in [5.41, 5.74) is 10.4. The SMILES string of the molecule is C1=Cc2cc3ccc(cc4nc(cc5ccc(cc1n2)[nH]5)C=C4)[nH]3.Cn1cnc(S(=O)(=O)N2CCc3ccc(-c4ccc(C(F)(F)F)cc4)cc3C2)c1. The van der Waals surface area contributed by atoms with E-state index in [2.05, 4.69) is 49.2 Å². The number of benzene rings is 2. The van der Waals surface area contributed by atoms with E-state index in [0.29, 0.717) is 18.5 Å². The van der Waals surface area contributed by atoms with E-state index in [1.807, 2.05) is 66.8 Å². The van der Waals surface area contributed by atoms with Gasteiger partial charge in [-0.15, -0.1) is 0 Å². The molecule has 266 valence electrons. The van der Waals surface area contributed by atoms with Gasteiger partial charge in [0.2, 0.25) is 0 Å². The number of aromatic nitrogens is 6. The van der Waals surface area contributed by atoms with Crippen LogP contribution < -0.4 is 0 Å². The molecule has 9 nitrogen and oxygen atoms in total. The first-order valence-electron chi connectivity index (χ1n) is 16.8. The smallest absolute Gasteiger partial charge is 0.355 e. The maximum atomic E-state index is 12.8. The van der Waals surface area contributed by atoms with Gasteiger partial charge in [0.1, 0.15) is 0 Å². The second kappa shape index (κ2) is 13.5. The molecule has 0 atom stereocenters.